The first-order valence-corrected chi connectivity index (χ1v) is 13.8. The van der Waals surface area contributed by atoms with E-state index in [9.17, 15) is 14.4 Å². The van der Waals surface area contributed by atoms with E-state index in [4.69, 9.17) is 0 Å². The van der Waals surface area contributed by atoms with E-state index in [0.717, 1.165) is 57.8 Å². The first kappa shape index (κ1) is 24.7. The molecule has 1 spiro atoms. The van der Waals surface area contributed by atoms with E-state index in [-0.39, 0.29) is 41.8 Å². The van der Waals surface area contributed by atoms with Crippen molar-refractivity contribution in [2.24, 2.45) is 5.92 Å². The topological polar surface area (TPSA) is 69.7 Å². The molecule has 186 valence electrons. The third kappa shape index (κ3) is 5.01. The van der Waals surface area contributed by atoms with Crippen molar-refractivity contribution in [1.29, 1.82) is 0 Å². The maximum Gasteiger partial charge on any atom is 0.327 e. The molecule has 2 unspecified atom stereocenters. The summed E-state index contributed by atoms with van der Waals surface area (Å²) in [4.78, 5) is 42.9. The average Bonchev–Trinajstić information content (AvgIpc) is 3.00. The normalized spacial score (nSPS) is 32.4. The van der Waals surface area contributed by atoms with Gasteiger partial charge in [0.05, 0.1) is 12.6 Å². The van der Waals surface area contributed by atoms with Crippen molar-refractivity contribution < 1.29 is 14.4 Å². The van der Waals surface area contributed by atoms with Gasteiger partial charge >= 0.3 is 6.03 Å². The number of ketones is 1. The largest absolute Gasteiger partial charge is 0.327 e. The molecule has 0 radical (unpaired) electrons. The minimum Gasteiger partial charge on any atom is -0.313 e. The van der Waals surface area contributed by atoms with Crippen LogP contribution in [-0.2, 0) is 9.59 Å². The Labute approximate surface area is 200 Å². The number of likely N-dealkylation sites (N-methyl/N-ethyl adjacent to an activating group) is 1. The fourth-order valence-corrected chi connectivity index (χ4v) is 7.13. The number of hydrogen-bond donors (Lipinski definition) is 1. The smallest absolute Gasteiger partial charge is 0.313 e. The van der Waals surface area contributed by atoms with Crippen molar-refractivity contribution in [1.82, 2.24) is 15.1 Å². The lowest BCUT2D eigenvalue weighted by molar-refractivity contribution is -0.138. The molecule has 0 aromatic carbocycles. The van der Waals surface area contributed by atoms with Crippen LogP contribution in [0.1, 0.15) is 116 Å². The predicted molar refractivity (Wildman–Crippen MR) is 130 cm³/mol. The van der Waals surface area contributed by atoms with Gasteiger partial charge in [0.15, 0.2) is 5.78 Å². The Morgan fingerprint density at radius 2 is 1.39 bits per heavy atom. The Hall–Kier alpha value is -1.43. The monoisotopic (exact) mass is 459 g/mol. The maximum absolute atomic E-state index is 13.5. The number of nitrogens with zero attached hydrogens (tertiary/aromatic N) is 2. The molecule has 0 bridgehead atoms. The summed E-state index contributed by atoms with van der Waals surface area (Å²) < 4.78 is 0. The average molecular weight is 460 g/mol. The summed E-state index contributed by atoms with van der Waals surface area (Å²) in [6.07, 6.45) is 19.7. The van der Waals surface area contributed by atoms with Gasteiger partial charge in [0, 0.05) is 12.6 Å². The lowest BCUT2D eigenvalue weighted by Gasteiger charge is -2.43. The van der Waals surface area contributed by atoms with Gasteiger partial charge in [-0.15, -0.1) is 0 Å². The van der Waals surface area contributed by atoms with E-state index in [1.54, 1.807) is 11.9 Å². The molecule has 2 heterocycles. The highest BCUT2D eigenvalue weighted by atomic mass is 16.2. The number of piperidine rings is 1. The summed E-state index contributed by atoms with van der Waals surface area (Å²) >= 11 is 0. The van der Waals surface area contributed by atoms with Crippen LogP contribution in [0.5, 0.6) is 0 Å². The van der Waals surface area contributed by atoms with Gasteiger partial charge in [-0.05, 0) is 57.8 Å². The van der Waals surface area contributed by atoms with Crippen molar-refractivity contribution in [3.05, 3.63) is 0 Å². The fourth-order valence-electron chi connectivity index (χ4n) is 7.13. The Morgan fingerprint density at radius 3 is 2.03 bits per heavy atom. The highest BCUT2D eigenvalue weighted by Gasteiger charge is 2.57. The van der Waals surface area contributed by atoms with Crippen molar-refractivity contribution >= 4 is 17.7 Å². The molecule has 2 aliphatic carbocycles. The Bertz CT molecular complexity index is 722. The van der Waals surface area contributed by atoms with Crippen LogP contribution in [0.25, 0.3) is 0 Å². The van der Waals surface area contributed by atoms with Gasteiger partial charge in [0.2, 0.25) is 0 Å². The standard InChI is InChI=1S/C27H45N3O3/c1-26(21-14-9-8-10-15-21)24(32)30(25(33)29(26)2)20-23(31)22-16-13-19-27(28-22)17-11-6-4-3-5-7-12-18-27/h21-22,28H,3-20H2,1-2H3. The zero-order valence-corrected chi connectivity index (χ0v) is 21.0. The van der Waals surface area contributed by atoms with Crippen LogP contribution in [0, 0.1) is 5.92 Å². The molecule has 3 amide bonds. The summed E-state index contributed by atoms with van der Waals surface area (Å²) in [6, 6.07) is -0.542. The molecule has 4 fully saturated rings. The number of rotatable bonds is 4. The number of hydrogen-bond acceptors (Lipinski definition) is 4. The van der Waals surface area contributed by atoms with Gasteiger partial charge in [-0.2, -0.15) is 0 Å². The molecule has 4 aliphatic rings. The van der Waals surface area contributed by atoms with Crippen LogP contribution in [-0.4, -0.2) is 58.2 Å². The summed E-state index contributed by atoms with van der Waals surface area (Å²) in [7, 11) is 1.74. The Balaban J connectivity index is 1.42. The molecular weight excluding hydrogens is 414 g/mol. The van der Waals surface area contributed by atoms with Gasteiger partial charge in [-0.25, -0.2) is 4.79 Å². The second kappa shape index (κ2) is 10.5. The summed E-state index contributed by atoms with van der Waals surface area (Å²) in [5, 5.41) is 3.77. The molecule has 4 rings (SSSR count). The van der Waals surface area contributed by atoms with E-state index in [1.165, 1.54) is 56.3 Å². The zero-order valence-electron chi connectivity index (χ0n) is 21.0. The van der Waals surface area contributed by atoms with E-state index < -0.39 is 5.54 Å². The van der Waals surface area contributed by atoms with Gasteiger partial charge in [0.25, 0.3) is 5.91 Å². The molecule has 2 aliphatic heterocycles. The minimum atomic E-state index is -0.810. The highest BCUT2D eigenvalue weighted by molar-refractivity contribution is 6.09. The lowest BCUT2D eigenvalue weighted by atomic mass is 9.75. The molecule has 2 atom stereocenters. The first-order chi connectivity index (χ1) is 15.9. The second-order valence-corrected chi connectivity index (χ2v) is 11.5. The van der Waals surface area contributed by atoms with Crippen LogP contribution in [0.3, 0.4) is 0 Å². The number of carbonyl (C=O) groups is 3. The van der Waals surface area contributed by atoms with E-state index >= 15 is 0 Å². The van der Waals surface area contributed by atoms with E-state index in [0.29, 0.717) is 0 Å². The van der Waals surface area contributed by atoms with Crippen LogP contribution in [0.2, 0.25) is 0 Å². The molecule has 2 saturated carbocycles. The molecule has 0 aromatic rings. The third-order valence-electron chi connectivity index (χ3n) is 9.43. The van der Waals surface area contributed by atoms with Gasteiger partial charge in [-0.3, -0.25) is 14.5 Å². The van der Waals surface area contributed by atoms with Crippen LogP contribution in [0.15, 0.2) is 0 Å². The van der Waals surface area contributed by atoms with Gasteiger partial charge in [0.1, 0.15) is 5.54 Å². The quantitative estimate of drug-likeness (QED) is 0.587. The van der Waals surface area contributed by atoms with E-state index in [2.05, 4.69) is 5.32 Å². The second-order valence-electron chi connectivity index (χ2n) is 11.5. The number of Topliss-reactive ketones (excluding diaryl/α,β-unsaturated/α-hetero) is 1. The minimum absolute atomic E-state index is 0.00848. The van der Waals surface area contributed by atoms with Crippen molar-refractivity contribution in [3.63, 3.8) is 0 Å². The number of urea groups is 1. The van der Waals surface area contributed by atoms with Crippen molar-refractivity contribution in [2.45, 2.75) is 133 Å². The predicted octanol–water partition coefficient (Wildman–Crippen LogP) is 5.19. The van der Waals surface area contributed by atoms with Crippen molar-refractivity contribution in [2.75, 3.05) is 13.6 Å². The van der Waals surface area contributed by atoms with Crippen molar-refractivity contribution in [3.8, 4) is 0 Å². The number of amides is 3. The van der Waals surface area contributed by atoms with E-state index in [1.807, 2.05) is 6.92 Å². The summed E-state index contributed by atoms with van der Waals surface area (Å²) in [5.41, 5.74) is -0.752. The number of carbonyl (C=O) groups excluding carboxylic acids is 3. The SMILES string of the molecule is CN1C(=O)N(CC(=O)C2CCCC3(CCCCCCCCC3)N2)C(=O)C1(C)C1CCCCC1. The zero-order chi connectivity index (χ0) is 23.5. The Kier molecular flexibility index (Phi) is 7.82. The number of imide groups is 1. The lowest BCUT2D eigenvalue weighted by Crippen LogP contribution is -2.58. The maximum atomic E-state index is 13.5. The van der Waals surface area contributed by atoms with Crippen LogP contribution >= 0.6 is 0 Å². The molecule has 1 N–H and O–H groups in total. The molecule has 6 nitrogen and oxygen atoms in total. The Morgan fingerprint density at radius 1 is 0.848 bits per heavy atom. The molecule has 0 aromatic heterocycles. The van der Waals surface area contributed by atoms with Crippen LogP contribution < -0.4 is 5.32 Å². The van der Waals surface area contributed by atoms with Gasteiger partial charge < -0.3 is 10.2 Å². The molecule has 2 saturated heterocycles. The third-order valence-corrected chi connectivity index (χ3v) is 9.43. The summed E-state index contributed by atoms with van der Waals surface area (Å²) in [6.45, 7) is 1.83. The molecular formula is C27H45N3O3. The molecule has 6 heteroatoms. The van der Waals surface area contributed by atoms with Crippen LogP contribution in [0.4, 0.5) is 4.79 Å². The molecule has 33 heavy (non-hydrogen) atoms. The highest BCUT2D eigenvalue weighted by Crippen LogP contribution is 2.41. The van der Waals surface area contributed by atoms with Gasteiger partial charge in [-0.1, -0.05) is 64.2 Å². The number of nitrogens with one attached hydrogen (secondary N) is 1. The summed E-state index contributed by atoms with van der Waals surface area (Å²) in [5.74, 6) is 0.0282. The first-order valence-electron chi connectivity index (χ1n) is 13.8. The fraction of sp³-hybridized carbons (Fsp3) is 0.889.